The van der Waals surface area contributed by atoms with Crippen molar-refractivity contribution in [2.75, 3.05) is 20.2 Å². The molecule has 0 fully saturated rings. The second kappa shape index (κ2) is 7.54. The number of methoxy groups -OCH3 is 1. The SMILES string of the molecule is COc1ccc2c(c1)[C@H](C)N(C(=O)NCCc1nc3c(C)cccc3[nH]1)CC2. The number of aromatic nitrogens is 2. The third-order valence-electron chi connectivity index (χ3n) is 5.56. The van der Waals surface area contributed by atoms with E-state index in [4.69, 9.17) is 4.74 Å². The molecule has 1 aliphatic heterocycles. The predicted molar refractivity (Wildman–Crippen MR) is 110 cm³/mol. The number of amides is 2. The largest absolute Gasteiger partial charge is 0.497 e. The van der Waals surface area contributed by atoms with E-state index in [9.17, 15) is 4.79 Å². The molecule has 28 heavy (non-hydrogen) atoms. The minimum absolute atomic E-state index is 0.0210. The Bertz CT molecular complexity index is 1010. The standard InChI is InChI=1S/C22H26N4O2/c1-14-5-4-6-19-21(14)25-20(24-19)9-11-23-22(27)26-12-10-16-7-8-17(28-3)13-18(16)15(26)2/h4-8,13,15H,9-12H2,1-3H3,(H,23,27)(H,24,25)/t15-/m0/s1. The first-order valence-electron chi connectivity index (χ1n) is 9.72. The van der Waals surface area contributed by atoms with E-state index in [0.717, 1.165) is 46.7 Å². The summed E-state index contributed by atoms with van der Waals surface area (Å²) in [5, 5.41) is 3.05. The molecular formula is C22H26N4O2. The first-order valence-corrected chi connectivity index (χ1v) is 9.72. The number of ether oxygens (including phenoxy) is 1. The lowest BCUT2D eigenvalue weighted by Gasteiger charge is -2.35. The van der Waals surface area contributed by atoms with Gasteiger partial charge in [0.25, 0.3) is 0 Å². The van der Waals surface area contributed by atoms with Crippen LogP contribution in [-0.2, 0) is 12.8 Å². The van der Waals surface area contributed by atoms with E-state index in [1.807, 2.05) is 29.2 Å². The molecule has 6 heteroatoms. The number of hydrogen-bond donors (Lipinski definition) is 2. The van der Waals surface area contributed by atoms with E-state index in [1.165, 1.54) is 5.56 Å². The van der Waals surface area contributed by atoms with Crippen LogP contribution in [0.3, 0.4) is 0 Å². The lowest BCUT2D eigenvalue weighted by Crippen LogP contribution is -2.45. The number of rotatable bonds is 4. The van der Waals surface area contributed by atoms with E-state index >= 15 is 0 Å². The molecule has 4 rings (SSSR count). The van der Waals surface area contributed by atoms with Gasteiger partial charge in [-0.2, -0.15) is 0 Å². The second-order valence-electron chi connectivity index (χ2n) is 7.32. The number of H-pyrrole nitrogens is 1. The zero-order valence-corrected chi connectivity index (χ0v) is 16.6. The van der Waals surface area contributed by atoms with Crippen LogP contribution in [0, 0.1) is 6.92 Å². The molecule has 0 saturated heterocycles. The molecule has 0 spiro atoms. The molecule has 1 aromatic heterocycles. The highest BCUT2D eigenvalue weighted by Gasteiger charge is 2.27. The maximum absolute atomic E-state index is 12.7. The Morgan fingerprint density at radius 3 is 3.00 bits per heavy atom. The molecule has 1 atom stereocenters. The topological polar surface area (TPSA) is 70.2 Å². The molecule has 0 bridgehead atoms. The fourth-order valence-corrected chi connectivity index (χ4v) is 3.93. The summed E-state index contributed by atoms with van der Waals surface area (Å²) in [5.74, 6) is 1.72. The van der Waals surface area contributed by atoms with Gasteiger partial charge in [0.1, 0.15) is 11.6 Å². The van der Waals surface area contributed by atoms with Crippen LogP contribution < -0.4 is 10.1 Å². The molecule has 0 aliphatic carbocycles. The van der Waals surface area contributed by atoms with Crippen molar-refractivity contribution in [2.45, 2.75) is 32.7 Å². The molecular weight excluding hydrogens is 352 g/mol. The summed E-state index contributed by atoms with van der Waals surface area (Å²) < 4.78 is 5.34. The number of benzene rings is 2. The summed E-state index contributed by atoms with van der Waals surface area (Å²) in [5.41, 5.74) is 5.64. The van der Waals surface area contributed by atoms with Gasteiger partial charge in [-0.25, -0.2) is 9.78 Å². The Kier molecular flexibility index (Phi) is 4.94. The van der Waals surface area contributed by atoms with Crippen molar-refractivity contribution in [1.29, 1.82) is 0 Å². The number of fused-ring (bicyclic) bond motifs is 2. The number of aromatic amines is 1. The van der Waals surface area contributed by atoms with Gasteiger partial charge in [0.2, 0.25) is 0 Å². The Labute approximate surface area is 164 Å². The van der Waals surface area contributed by atoms with Gasteiger partial charge in [-0.05, 0) is 55.2 Å². The summed E-state index contributed by atoms with van der Waals surface area (Å²) in [6.45, 7) is 5.39. The van der Waals surface area contributed by atoms with Crippen LogP contribution in [0.4, 0.5) is 4.79 Å². The van der Waals surface area contributed by atoms with Crippen molar-refractivity contribution in [3.05, 3.63) is 58.9 Å². The summed E-state index contributed by atoms with van der Waals surface area (Å²) in [6.07, 6.45) is 1.53. The van der Waals surface area contributed by atoms with Crippen LogP contribution in [-0.4, -0.2) is 41.1 Å². The number of para-hydroxylation sites is 1. The monoisotopic (exact) mass is 378 g/mol. The molecule has 146 valence electrons. The normalized spacial score (nSPS) is 16.1. The minimum atomic E-state index is -0.0340. The molecule has 0 saturated carbocycles. The van der Waals surface area contributed by atoms with E-state index in [2.05, 4.69) is 41.3 Å². The van der Waals surface area contributed by atoms with Crippen LogP contribution in [0.1, 0.15) is 35.5 Å². The highest BCUT2D eigenvalue weighted by atomic mass is 16.5. The number of hydrogen-bond acceptors (Lipinski definition) is 3. The van der Waals surface area contributed by atoms with Crippen molar-refractivity contribution < 1.29 is 9.53 Å². The molecule has 2 N–H and O–H groups in total. The molecule has 2 amide bonds. The first kappa shape index (κ1) is 18.3. The van der Waals surface area contributed by atoms with E-state index in [-0.39, 0.29) is 12.1 Å². The quantitative estimate of drug-likeness (QED) is 0.726. The number of imidazole rings is 1. The Morgan fingerprint density at radius 1 is 1.36 bits per heavy atom. The van der Waals surface area contributed by atoms with Crippen molar-refractivity contribution in [2.24, 2.45) is 0 Å². The highest BCUT2D eigenvalue weighted by molar-refractivity contribution is 5.78. The van der Waals surface area contributed by atoms with E-state index < -0.39 is 0 Å². The maximum Gasteiger partial charge on any atom is 0.317 e. The molecule has 2 aromatic carbocycles. The minimum Gasteiger partial charge on any atom is -0.497 e. The summed E-state index contributed by atoms with van der Waals surface area (Å²) in [7, 11) is 1.67. The van der Waals surface area contributed by atoms with Gasteiger partial charge in [0.05, 0.1) is 24.2 Å². The van der Waals surface area contributed by atoms with Crippen molar-refractivity contribution >= 4 is 17.1 Å². The average Bonchev–Trinajstić information content (AvgIpc) is 3.12. The fourth-order valence-electron chi connectivity index (χ4n) is 3.93. The van der Waals surface area contributed by atoms with Gasteiger partial charge in [-0.15, -0.1) is 0 Å². The Balaban J connectivity index is 1.38. The van der Waals surface area contributed by atoms with Gasteiger partial charge in [0, 0.05) is 19.5 Å². The Hall–Kier alpha value is -3.02. The number of aryl methyl sites for hydroxylation is 1. The lowest BCUT2D eigenvalue weighted by atomic mass is 9.93. The van der Waals surface area contributed by atoms with E-state index in [0.29, 0.717) is 13.0 Å². The fraction of sp³-hybridized carbons (Fsp3) is 0.364. The number of nitrogens with one attached hydrogen (secondary N) is 2. The molecule has 6 nitrogen and oxygen atoms in total. The summed E-state index contributed by atoms with van der Waals surface area (Å²) in [4.78, 5) is 22.6. The van der Waals surface area contributed by atoms with E-state index in [1.54, 1.807) is 7.11 Å². The van der Waals surface area contributed by atoms with Gasteiger partial charge in [-0.1, -0.05) is 18.2 Å². The molecule has 3 aromatic rings. The van der Waals surface area contributed by atoms with Gasteiger partial charge >= 0.3 is 6.03 Å². The van der Waals surface area contributed by atoms with Crippen molar-refractivity contribution in [1.82, 2.24) is 20.2 Å². The molecule has 0 radical (unpaired) electrons. The average molecular weight is 378 g/mol. The maximum atomic E-state index is 12.7. The highest BCUT2D eigenvalue weighted by Crippen LogP contribution is 2.32. The van der Waals surface area contributed by atoms with Gasteiger partial charge in [0.15, 0.2) is 0 Å². The molecule has 0 unspecified atom stereocenters. The number of nitrogens with zero attached hydrogens (tertiary/aromatic N) is 2. The molecule has 1 aliphatic rings. The number of urea groups is 1. The zero-order chi connectivity index (χ0) is 19.7. The van der Waals surface area contributed by atoms with Gasteiger partial charge in [-0.3, -0.25) is 0 Å². The third kappa shape index (κ3) is 3.42. The third-order valence-corrected chi connectivity index (χ3v) is 5.56. The smallest absolute Gasteiger partial charge is 0.317 e. The number of carbonyl (C=O) groups is 1. The van der Waals surface area contributed by atoms with Crippen LogP contribution >= 0.6 is 0 Å². The first-order chi connectivity index (χ1) is 13.6. The lowest BCUT2D eigenvalue weighted by molar-refractivity contribution is 0.175. The van der Waals surface area contributed by atoms with Crippen LogP contribution in [0.2, 0.25) is 0 Å². The molecule has 2 heterocycles. The predicted octanol–water partition coefficient (Wildman–Crippen LogP) is 3.75. The number of carbonyl (C=O) groups excluding carboxylic acids is 1. The van der Waals surface area contributed by atoms with Gasteiger partial charge < -0.3 is 19.9 Å². The second-order valence-corrected chi connectivity index (χ2v) is 7.32. The van der Waals surface area contributed by atoms with Crippen LogP contribution in [0.15, 0.2) is 36.4 Å². The Morgan fingerprint density at radius 2 is 2.21 bits per heavy atom. The summed E-state index contributed by atoms with van der Waals surface area (Å²) >= 11 is 0. The van der Waals surface area contributed by atoms with Crippen LogP contribution in [0.5, 0.6) is 5.75 Å². The van der Waals surface area contributed by atoms with Crippen LogP contribution in [0.25, 0.3) is 11.0 Å². The van der Waals surface area contributed by atoms with Crippen molar-refractivity contribution in [3.8, 4) is 5.75 Å². The summed E-state index contributed by atoms with van der Waals surface area (Å²) in [6, 6.07) is 12.2. The van der Waals surface area contributed by atoms with Crippen molar-refractivity contribution in [3.63, 3.8) is 0 Å². The zero-order valence-electron chi connectivity index (χ0n) is 16.6.